The van der Waals surface area contributed by atoms with Crippen LogP contribution in [0.4, 0.5) is 0 Å². The first-order valence-electron chi connectivity index (χ1n) is 3.33. The molecule has 0 N–H and O–H groups in total. The molecule has 2 nitrogen and oxygen atoms in total. The highest BCUT2D eigenvalue weighted by molar-refractivity contribution is 6.19. The third-order valence-electron chi connectivity index (χ3n) is 1.21. The minimum Gasteiger partial charge on any atom is -0.296 e. The van der Waals surface area contributed by atoms with Gasteiger partial charge in [-0.15, -0.1) is 11.6 Å². The molecule has 0 spiro atoms. The van der Waals surface area contributed by atoms with Crippen LogP contribution in [0.15, 0.2) is 18.3 Å². The van der Waals surface area contributed by atoms with Crippen LogP contribution in [0.5, 0.6) is 0 Å². The zero-order valence-corrected chi connectivity index (χ0v) is 7.01. The Labute approximate surface area is 75.6 Å². The van der Waals surface area contributed by atoms with E-state index in [1.165, 1.54) is 0 Å². The number of hydrogen-bond acceptors (Lipinski definition) is 2. The van der Waals surface area contributed by atoms with Crippen LogP contribution in [-0.2, 0) is 0 Å². The van der Waals surface area contributed by atoms with Crippen LogP contribution in [0, 0.1) is 11.8 Å². The van der Waals surface area contributed by atoms with Crippen molar-refractivity contribution in [3.05, 3.63) is 29.6 Å². The van der Waals surface area contributed by atoms with Gasteiger partial charge in [-0.05, 0) is 12.1 Å². The summed E-state index contributed by atoms with van der Waals surface area (Å²) in [4.78, 5) is 14.0. The Balaban J connectivity index is 2.84. The van der Waals surface area contributed by atoms with Crippen LogP contribution in [0.2, 0.25) is 0 Å². The Morgan fingerprint density at radius 1 is 1.58 bits per heavy atom. The Hall–Kier alpha value is -1.33. The third kappa shape index (κ3) is 2.37. The molecule has 0 aliphatic rings. The summed E-state index contributed by atoms with van der Waals surface area (Å²) in [6.07, 6.45) is 2.24. The number of halogens is 1. The molecule has 0 aromatic carbocycles. The molecule has 0 fully saturated rings. The first kappa shape index (κ1) is 8.76. The minimum absolute atomic E-state index is 0.301. The first-order chi connectivity index (χ1) is 5.86. The number of hydrogen-bond donors (Lipinski definition) is 0. The van der Waals surface area contributed by atoms with Gasteiger partial charge in [0, 0.05) is 11.8 Å². The average Bonchev–Trinajstić information content (AvgIpc) is 2.15. The van der Waals surface area contributed by atoms with E-state index in [1.54, 1.807) is 18.3 Å². The van der Waals surface area contributed by atoms with Crippen LogP contribution in [0.25, 0.3) is 0 Å². The van der Waals surface area contributed by atoms with E-state index < -0.39 is 0 Å². The number of alkyl halides is 1. The van der Waals surface area contributed by atoms with Gasteiger partial charge in [0.2, 0.25) is 0 Å². The van der Waals surface area contributed by atoms with Gasteiger partial charge in [0.25, 0.3) is 0 Å². The van der Waals surface area contributed by atoms with Gasteiger partial charge in [0.15, 0.2) is 6.29 Å². The van der Waals surface area contributed by atoms with Gasteiger partial charge < -0.3 is 0 Å². The van der Waals surface area contributed by atoms with Gasteiger partial charge in [0.05, 0.1) is 5.88 Å². The summed E-state index contributed by atoms with van der Waals surface area (Å²) in [5.74, 6) is 5.78. The molecule has 0 saturated carbocycles. The fourth-order valence-electron chi connectivity index (χ4n) is 0.684. The lowest BCUT2D eigenvalue weighted by molar-refractivity contribution is 0.111. The second-order valence-electron chi connectivity index (χ2n) is 2.02. The van der Waals surface area contributed by atoms with E-state index in [1.807, 2.05) is 0 Å². The predicted octanol–water partition coefficient (Wildman–Crippen LogP) is 1.48. The summed E-state index contributed by atoms with van der Waals surface area (Å²) in [5.41, 5.74) is 1.17. The minimum atomic E-state index is 0.301. The molecule has 12 heavy (non-hydrogen) atoms. The molecule has 3 heteroatoms. The summed E-state index contributed by atoms with van der Waals surface area (Å²) >= 11 is 5.36. The topological polar surface area (TPSA) is 30.0 Å². The van der Waals surface area contributed by atoms with Gasteiger partial charge in [-0.3, -0.25) is 9.78 Å². The van der Waals surface area contributed by atoms with E-state index in [0.717, 1.165) is 5.56 Å². The fraction of sp³-hybridized carbons (Fsp3) is 0.111. The molecule has 1 heterocycles. The first-order valence-corrected chi connectivity index (χ1v) is 3.86. The maximum absolute atomic E-state index is 10.2. The van der Waals surface area contributed by atoms with Crippen LogP contribution in [0.1, 0.15) is 16.1 Å². The van der Waals surface area contributed by atoms with Crippen molar-refractivity contribution in [2.24, 2.45) is 0 Å². The monoisotopic (exact) mass is 179 g/mol. The molecular weight excluding hydrogens is 174 g/mol. The average molecular weight is 180 g/mol. The van der Waals surface area contributed by atoms with Gasteiger partial charge >= 0.3 is 0 Å². The van der Waals surface area contributed by atoms with Crippen molar-refractivity contribution in [3.8, 4) is 11.8 Å². The van der Waals surface area contributed by atoms with Gasteiger partial charge in [-0.25, -0.2) is 0 Å². The molecule has 0 aliphatic heterocycles. The number of rotatable bonds is 1. The molecule has 60 valence electrons. The highest BCUT2D eigenvalue weighted by atomic mass is 35.5. The Bertz CT molecular complexity index is 321. The number of pyridine rings is 1. The zero-order valence-electron chi connectivity index (χ0n) is 6.25. The van der Waals surface area contributed by atoms with E-state index in [0.29, 0.717) is 17.9 Å². The summed E-state index contributed by atoms with van der Waals surface area (Å²) in [5, 5.41) is 0. The van der Waals surface area contributed by atoms with Crippen molar-refractivity contribution >= 4 is 17.9 Å². The smallest absolute Gasteiger partial charge is 0.168 e. The van der Waals surface area contributed by atoms with Gasteiger partial charge in [-0.1, -0.05) is 11.8 Å². The van der Waals surface area contributed by atoms with E-state index >= 15 is 0 Å². The lowest BCUT2D eigenvalue weighted by Gasteiger charge is -1.89. The number of nitrogens with zero attached hydrogens (tertiary/aromatic N) is 1. The largest absolute Gasteiger partial charge is 0.296 e. The fourth-order valence-corrected chi connectivity index (χ4v) is 0.751. The molecule has 0 saturated heterocycles. The summed E-state index contributed by atoms with van der Waals surface area (Å²) in [6.45, 7) is 0. The second-order valence-corrected chi connectivity index (χ2v) is 2.29. The lowest BCUT2D eigenvalue weighted by Crippen LogP contribution is -1.85. The third-order valence-corrected chi connectivity index (χ3v) is 1.34. The van der Waals surface area contributed by atoms with Crippen LogP contribution in [0.3, 0.4) is 0 Å². The quantitative estimate of drug-likeness (QED) is 0.371. The number of aldehydes is 1. The Morgan fingerprint density at radius 3 is 2.92 bits per heavy atom. The number of carbonyl (C=O) groups is 1. The molecule has 0 radical (unpaired) electrons. The molecule has 0 aliphatic carbocycles. The van der Waals surface area contributed by atoms with Crippen molar-refractivity contribution < 1.29 is 4.79 Å². The molecule has 1 aromatic heterocycles. The maximum atomic E-state index is 10.2. The lowest BCUT2D eigenvalue weighted by atomic mass is 10.2. The van der Waals surface area contributed by atoms with Crippen LogP contribution < -0.4 is 0 Å². The van der Waals surface area contributed by atoms with Gasteiger partial charge in [-0.2, -0.15) is 0 Å². The van der Waals surface area contributed by atoms with Crippen LogP contribution in [-0.4, -0.2) is 17.2 Å². The normalized spacial score (nSPS) is 8.42. The van der Waals surface area contributed by atoms with Crippen LogP contribution >= 0.6 is 11.6 Å². The number of carbonyl (C=O) groups excluding carboxylic acids is 1. The van der Waals surface area contributed by atoms with Crippen molar-refractivity contribution in [1.29, 1.82) is 0 Å². The van der Waals surface area contributed by atoms with Crippen molar-refractivity contribution in [1.82, 2.24) is 4.98 Å². The molecule has 1 rings (SSSR count). The van der Waals surface area contributed by atoms with Crippen molar-refractivity contribution in [2.45, 2.75) is 0 Å². The van der Waals surface area contributed by atoms with E-state index in [4.69, 9.17) is 11.6 Å². The molecule has 1 aromatic rings. The van der Waals surface area contributed by atoms with E-state index in [9.17, 15) is 4.79 Å². The SMILES string of the molecule is O=Cc1ccc(C#CCCl)cn1. The Kier molecular flexibility index (Phi) is 3.31. The summed E-state index contributed by atoms with van der Waals surface area (Å²) in [6, 6.07) is 3.35. The molecule has 0 atom stereocenters. The summed E-state index contributed by atoms with van der Waals surface area (Å²) in [7, 11) is 0. The maximum Gasteiger partial charge on any atom is 0.168 e. The van der Waals surface area contributed by atoms with Crippen molar-refractivity contribution in [2.75, 3.05) is 5.88 Å². The van der Waals surface area contributed by atoms with Gasteiger partial charge in [0.1, 0.15) is 5.69 Å². The Morgan fingerprint density at radius 2 is 2.42 bits per heavy atom. The predicted molar refractivity (Wildman–Crippen MR) is 47.2 cm³/mol. The van der Waals surface area contributed by atoms with E-state index in [2.05, 4.69) is 16.8 Å². The zero-order chi connectivity index (χ0) is 8.81. The highest BCUT2D eigenvalue weighted by Crippen LogP contribution is 1.95. The standard InChI is InChI=1S/C9H6ClNO/c10-5-1-2-8-3-4-9(7-12)11-6-8/h3-4,6-7H,5H2. The van der Waals surface area contributed by atoms with E-state index in [-0.39, 0.29) is 0 Å². The van der Waals surface area contributed by atoms with Crippen molar-refractivity contribution in [3.63, 3.8) is 0 Å². The molecular formula is C9H6ClNO. The molecule has 0 unspecified atom stereocenters. The molecule has 0 amide bonds. The molecule has 0 bridgehead atoms. The summed E-state index contributed by atoms with van der Waals surface area (Å²) < 4.78 is 0. The second kappa shape index (κ2) is 4.53. The highest BCUT2D eigenvalue weighted by Gasteiger charge is 1.89. The number of aromatic nitrogens is 1.